The molecule has 0 unspecified atom stereocenters. The van der Waals surface area contributed by atoms with Crippen molar-refractivity contribution < 1.29 is 36.2 Å². The zero-order chi connectivity index (χ0) is 29.4. The molecule has 1 N–H and O–H groups in total. The Bertz CT molecular complexity index is 1300. The molecule has 3 rings (SSSR count). The highest BCUT2D eigenvalue weighted by molar-refractivity contribution is 7.91. The Morgan fingerprint density at radius 2 is 1.87 bits per heavy atom. The second kappa shape index (κ2) is 11.1. The van der Waals surface area contributed by atoms with E-state index in [-0.39, 0.29) is 37.4 Å². The van der Waals surface area contributed by atoms with Crippen LogP contribution in [0.3, 0.4) is 0 Å². The van der Waals surface area contributed by atoms with Crippen LogP contribution in [0, 0.1) is 12.3 Å². The molecule has 1 aromatic carbocycles. The summed E-state index contributed by atoms with van der Waals surface area (Å²) < 4.78 is 71.1. The van der Waals surface area contributed by atoms with Crippen molar-refractivity contribution in [1.82, 2.24) is 14.5 Å². The molecule has 1 heterocycles. The van der Waals surface area contributed by atoms with Gasteiger partial charge in [-0.2, -0.15) is 13.2 Å². The van der Waals surface area contributed by atoms with Crippen molar-refractivity contribution in [1.29, 1.82) is 0 Å². The van der Waals surface area contributed by atoms with Crippen LogP contribution in [0.2, 0.25) is 0 Å². The lowest BCUT2D eigenvalue weighted by atomic mass is 9.84. The maximum absolute atomic E-state index is 13.4. The Morgan fingerprint density at radius 3 is 2.38 bits per heavy atom. The van der Waals surface area contributed by atoms with Crippen molar-refractivity contribution in [3.63, 3.8) is 0 Å². The molecule has 1 aromatic heterocycles. The van der Waals surface area contributed by atoms with Crippen LogP contribution >= 0.6 is 0 Å². The van der Waals surface area contributed by atoms with E-state index < -0.39 is 32.3 Å². The van der Waals surface area contributed by atoms with Crippen LogP contribution in [0.4, 0.5) is 13.2 Å². The summed E-state index contributed by atoms with van der Waals surface area (Å²) in [5.74, 6) is -0.0733. The number of hydrogen-bond donors (Lipinski definition) is 1. The van der Waals surface area contributed by atoms with E-state index in [0.29, 0.717) is 42.1 Å². The van der Waals surface area contributed by atoms with Gasteiger partial charge in [0.25, 0.3) is 5.91 Å². The molecular formula is C27H38F3N3O5S. The first-order chi connectivity index (χ1) is 17.9. The minimum atomic E-state index is -4.38. The zero-order valence-electron chi connectivity index (χ0n) is 23.3. The summed E-state index contributed by atoms with van der Waals surface area (Å²) in [5.41, 5.74) is -1.43. The second-order valence-electron chi connectivity index (χ2n) is 11.2. The molecule has 39 heavy (non-hydrogen) atoms. The highest BCUT2D eigenvalue weighted by Crippen LogP contribution is 2.42. The number of aromatic nitrogens is 2. The Morgan fingerprint density at radius 1 is 1.26 bits per heavy atom. The molecule has 1 amide bonds. The number of ether oxygens (including phenoxy) is 1. The van der Waals surface area contributed by atoms with Crippen LogP contribution in [0.15, 0.2) is 24.5 Å². The van der Waals surface area contributed by atoms with Crippen LogP contribution in [0.5, 0.6) is 5.75 Å². The number of nitrogens with zero attached hydrogens (tertiary/aromatic N) is 3. The molecule has 12 heteroatoms. The standard InChI is InChI=1S/C27H38F3N3O5S/c1-7-32(16-26(35)12-10-21(11-13-26)39(6,36)37)24(34)23-18(2)33(17-31-23)20-9-8-19(22(14-20)38-5)15-25(3,4)27(28,29)30/h8-9,14,17,21,35H,7,10-13,15-16H2,1-6H3. The number of rotatable bonds is 9. The van der Waals surface area contributed by atoms with E-state index in [1.54, 1.807) is 36.6 Å². The van der Waals surface area contributed by atoms with Gasteiger partial charge in [0.05, 0.1) is 34.8 Å². The third kappa shape index (κ3) is 6.77. The normalized spacial score (nSPS) is 20.6. The molecule has 0 spiro atoms. The third-order valence-electron chi connectivity index (χ3n) is 7.78. The van der Waals surface area contributed by atoms with Crippen LogP contribution in [-0.4, -0.2) is 77.4 Å². The number of alkyl halides is 3. The van der Waals surface area contributed by atoms with Crippen LogP contribution < -0.4 is 4.74 Å². The molecule has 2 aromatic rings. The molecule has 0 aliphatic heterocycles. The number of imidazole rings is 1. The number of carbonyl (C=O) groups is 1. The molecule has 0 radical (unpaired) electrons. The summed E-state index contributed by atoms with van der Waals surface area (Å²) in [6.07, 6.45) is -0.728. The molecule has 1 aliphatic carbocycles. The van der Waals surface area contributed by atoms with Gasteiger partial charge < -0.3 is 19.3 Å². The van der Waals surface area contributed by atoms with Crippen molar-refractivity contribution in [2.75, 3.05) is 26.5 Å². The lowest BCUT2D eigenvalue weighted by molar-refractivity contribution is -0.211. The molecule has 8 nitrogen and oxygen atoms in total. The average Bonchev–Trinajstić information content (AvgIpc) is 3.22. The Balaban J connectivity index is 1.81. The number of sulfone groups is 1. The average molecular weight is 574 g/mol. The summed E-state index contributed by atoms with van der Waals surface area (Å²) >= 11 is 0. The predicted octanol–water partition coefficient (Wildman–Crippen LogP) is 4.50. The van der Waals surface area contributed by atoms with Crippen LogP contribution in [0.25, 0.3) is 5.69 Å². The highest BCUT2D eigenvalue weighted by atomic mass is 32.2. The first-order valence-electron chi connectivity index (χ1n) is 12.9. The quantitative estimate of drug-likeness (QED) is 0.474. The topological polar surface area (TPSA) is 102 Å². The lowest BCUT2D eigenvalue weighted by Crippen LogP contribution is -2.49. The number of aliphatic hydroxyl groups is 1. The minimum Gasteiger partial charge on any atom is -0.496 e. The highest BCUT2D eigenvalue weighted by Gasteiger charge is 2.47. The first kappa shape index (κ1) is 30.9. The van der Waals surface area contributed by atoms with E-state index >= 15 is 0 Å². The summed E-state index contributed by atoms with van der Waals surface area (Å²) in [5, 5.41) is 10.6. The number of halogens is 3. The van der Waals surface area contributed by atoms with Crippen molar-refractivity contribution >= 4 is 15.7 Å². The van der Waals surface area contributed by atoms with E-state index in [9.17, 15) is 31.5 Å². The lowest BCUT2D eigenvalue weighted by Gasteiger charge is -2.38. The van der Waals surface area contributed by atoms with Gasteiger partial charge in [-0.15, -0.1) is 0 Å². The number of carbonyl (C=O) groups excluding carboxylic acids is 1. The zero-order valence-corrected chi connectivity index (χ0v) is 24.1. The molecule has 218 valence electrons. The molecule has 1 saturated carbocycles. The second-order valence-corrected chi connectivity index (χ2v) is 13.5. The fourth-order valence-electron chi connectivity index (χ4n) is 5.03. The fourth-order valence-corrected chi connectivity index (χ4v) is 6.12. The van der Waals surface area contributed by atoms with Gasteiger partial charge >= 0.3 is 6.18 Å². The van der Waals surface area contributed by atoms with Gasteiger partial charge in [0.1, 0.15) is 27.6 Å². The smallest absolute Gasteiger partial charge is 0.394 e. The van der Waals surface area contributed by atoms with Gasteiger partial charge in [-0.25, -0.2) is 13.4 Å². The number of benzene rings is 1. The van der Waals surface area contributed by atoms with E-state index in [0.717, 1.165) is 13.8 Å². The summed E-state index contributed by atoms with van der Waals surface area (Å²) in [6, 6.07) is 4.86. The van der Waals surface area contributed by atoms with Crippen molar-refractivity contribution in [2.45, 2.75) is 76.8 Å². The van der Waals surface area contributed by atoms with Crippen molar-refractivity contribution in [2.24, 2.45) is 5.41 Å². The van der Waals surface area contributed by atoms with Crippen LogP contribution in [0.1, 0.15) is 68.2 Å². The molecular weight excluding hydrogens is 535 g/mol. The minimum absolute atomic E-state index is 0.0582. The van der Waals surface area contributed by atoms with E-state index in [1.165, 1.54) is 24.6 Å². The number of methoxy groups -OCH3 is 1. The van der Waals surface area contributed by atoms with Crippen LogP contribution in [-0.2, 0) is 16.3 Å². The van der Waals surface area contributed by atoms with E-state index in [2.05, 4.69) is 4.98 Å². The molecule has 0 atom stereocenters. The third-order valence-corrected chi connectivity index (χ3v) is 9.46. The molecule has 1 aliphatic rings. The van der Waals surface area contributed by atoms with Gasteiger partial charge in [0, 0.05) is 25.4 Å². The van der Waals surface area contributed by atoms with Gasteiger partial charge in [0.15, 0.2) is 0 Å². The summed E-state index contributed by atoms with van der Waals surface area (Å²) in [6.45, 7) is 6.18. The number of amides is 1. The summed E-state index contributed by atoms with van der Waals surface area (Å²) in [4.78, 5) is 19.2. The number of hydrogen-bond acceptors (Lipinski definition) is 6. The maximum Gasteiger partial charge on any atom is 0.394 e. The predicted molar refractivity (Wildman–Crippen MR) is 142 cm³/mol. The van der Waals surface area contributed by atoms with Gasteiger partial charge in [-0.1, -0.05) is 19.9 Å². The van der Waals surface area contributed by atoms with Gasteiger partial charge in [-0.3, -0.25) is 4.79 Å². The Labute approximate surface area is 228 Å². The number of likely N-dealkylation sites (N-methyl/N-ethyl adjacent to an activating group) is 1. The molecule has 0 bridgehead atoms. The Kier molecular flexibility index (Phi) is 8.81. The van der Waals surface area contributed by atoms with Gasteiger partial charge in [0.2, 0.25) is 0 Å². The van der Waals surface area contributed by atoms with Crippen molar-refractivity contribution in [3.8, 4) is 11.4 Å². The maximum atomic E-state index is 13.4. The fraction of sp³-hybridized carbons (Fsp3) is 0.630. The van der Waals surface area contributed by atoms with Crippen molar-refractivity contribution in [3.05, 3.63) is 41.5 Å². The Hall–Kier alpha value is -2.60. The van der Waals surface area contributed by atoms with E-state index in [1.807, 2.05) is 0 Å². The monoisotopic (exact) mass is 573 g/mol. The van der Waals surface area contributed by atoms with Gasteiger partial charge in [-0.05, 0) is 57.6 Å². The summed E-state index contributed by atoms with van der Waals surface area (Å²) in [7, 11) is -1.79. The first-order valence-corrected chi connectivity index (χ1v) is 14.9. The molecule has 0 saturated heterocycles. The molecule has 1 fully saturated rings. The van der Waals surface area contributed by atoms with E-state index in [4.69, 9.17) is 4.74 Å². The largest absolute Gasteiger partial charge is 0.496 e. The SMILES string of the molecule is CCN(CC1(O)CCC(S(C)(=O)=O)CC1)C(=O)c1ncn(-c2ccc(CC(C)(C)C(F)(F)F)c(OC)c2)c1C.